The van der Waals surface area contributed by atoms with Crippen molar-refractivity contribution in [3.05, 3.63) is 65.2 Å². The SMILES string of the molecule is Cc1ccc(S(=O)(=O)NCC(C)(Cl)c2ccc(C(F)(F)F)cc2)cc1. The summed E-state index contributed by atoms with van der Waals surface area (Å²) in [6, 6.07) is 10.6. The number of nitrogens with one attached hydrogen (secondary N) is 1. The normalized spacial score (nSPS) is 15.0. The molecule has 1 atom stereocenters. The zero-order chi connectivity index (χ0) is 18.9. The molecule has 2 rings (SSSR count). The van der Waals surface area contributed by atoms with E-state index in [2.05, 4.69) is 4.72 Å². The zero-order valence-corrected chi connectivity index (χ0v) is 15.1. The van der Waals surface area contributed by atoms with Gasteiger partial charge in [0.2, 0.25) is 10.0 Å². The number of sulfonamides is 1. The van der Waals surface area contributed by atoms with Gasteiger partial charge in [0.1, 0.15) is 0 Å². The van der Waals surface area contributed by atoms with Crippen LogP contribution in [0.4, 0.5) is 13.2 Å². The van der Waals surface area contributed by atoms with Gasteiger partial charge in [0.05, 0.1) is 15.3 Å². The van der Waals surface area contributed by atoms with E-state index >= 15 is 0 Å². The molecule has 2 aromatic rings. The van der Waals surface area contributed by atoms with Crippen molar-refractivity contribution in [2.45, 2.75) is 29.8 Å². The second-order valence-corrected chi connectivity index (χ2v) is 8.51. The molecule has 1 unspecified atom stereocenters. The molecule has 0 saturated carbocycles. The van der Waals surface area contributed by atoms with Gasteiger partial charge < -0.3 is 0 Å². The Morgan fingerprint density at radius 1 is 0.960 bits per heavy atom. The van der Waals surface area contributed by atoms with E-state index in [-0.39, 0.29) is 11.4 Å². The first-order valence-electron chi connectivity index (χ1n) is 7.35. The third-order valence-corrected chi connectivity index (χ3v) is 5.51. The van der Waals surface area contributed by atoms with Crippen LogP contribution in [-0.2, 0) is 21.1 Å². The molecule has 0 radical (unpaired) electrons. The lowest BCUT2D eigenvalue weighted by Crippen LogP contribution is -2.35. The number of hydrogen-bond acceptors (Lipinski definition) is 2. The molecule has 0 aliphatic rings. The minimum absolute atomic E-state index is 0.0954. The van der Waals surface area contributed by atoms with Crippen LogP contribution >= 0.6 is 11.6 Å². The maximum atomic E-state index is 12.6. The topological polar surface area (TPSA) is 46.2 Å². The summed E-state index contributed by atoms with van der Waals surface area (Å²) in [5, 5.41) is 0. The van der Waals surface area contributed by atoms with E-state index in [4.69, 9.17) is 11.6 Å². The minimum atomic E-state index is -4.44. The van der Waals surface area contributed by atoms with Crippen LogP contribution in [0.15, 0.2) is 53.4 Å². The summed E-state index contributed by atoms with van der Waals surface area (Å²) in [7, 11) is -3.76. The van der Waals surface area contributed by atoms with Crippen molar-refractivity contribution in [1.29, 1.82) is 0 Å². The average Bonchev–Trinajstić information content (AvgIpc) is 2.53. The smallest absolute Gasteiger partial charge is 0.209 e. The summed E-state index contributed by atoms with van der Waals surface area (Å²) in [5.41, 5.74) is 0.517. The summed E-state index contributed by atoms with van der Waals surface area (Å²) in [4.78, 5) is -1.10. The maximum Gasteiger partial charge on any atom is 0.416 e. The lowest BCUT2D eigenvalue weighted by atomic mass is 9.99. The van der Waals surface area contributed by atoms with Gasteiger partial charge >= 0.3 is 6.18 Å². The highest BCUT2D eigenvalue weighted by Gasteiger charge is 2.32. The van der Waals surface area contributed by atoms with Gasteiger partial charge in [0.15, 0.2) is 0 Å². The van der Waals surface area contributed by atoms with Crippen LogP contribution in [0.1, 0.15) is 23.6 Å². The first-order chi connectivity index (χ1) is 11.4. The summed E-state index contributed by atoms with van der Waals surface area (Å²) in [6.45, 7) is 3.20. The third-order valence-electron chi connectivity index (χ3n) is 3.74. The van der Waals surface area contributed by atoms with Gasteiger partial charge in [-0.15, -0.1) is 11.6 Å². The van der Waals surface area contributed by atoms with Gasteiger partial charge in [-0.3, -0.25) is 0 Å². The molecule has 0 bridgehead atoms. The van der Waals surface area contributed by atoms with Crippen LogP contribution in [0.3, 0.4) is 0 Å². The predicted molar refractivity (Wildman–Crippen MR) is 91.0 cm³/mol. The summed E-state index contributed by atoms with van der Waals surface area (Å²) in [6.07, 6.45) is -4.44. The van der Waals surface area contributed by atoms with Gasteiger partial charge in [-0.05, 0) is 43.7 Å². The summed E-state index contributed by atoms with van der Waals surface area (Å²) >= 11 is 6.34. The molecule has 2 aromatic carbocycles. The molecule has 0 saturated heterocycles. The lowest BCUT2D eigenvalue weighted by Gasteiger charge is -2.23. The minimum Gasteiger partial charge on any atom is -0.209 e. The van der Waals surface area contributed by atoms with E-state index < -0.39 is 26.6 Å². The second kappa shape index (κ2) is 6.97. The zero-order valence-electron chi connectivity index (χ0n) is 13.6. The lowest BCUT2D eigenvalue weighted by molar-refractivity contribution is -0.137. The molecule has 0 amide bonds. The largest absolute Gasteiger partial charge is 0.416 e. The van der Waals surface area contributed by atoms with Crippen molar-refractivity contribution < 1.29 is 21.6 Å². The van der Waals surface area contributed by atoms with Crippen molar-refractivity contribution in [1.82, 2.24) is 4.72 Å². The predicted octanol–water partition coefficient (Wildman–Crippen LogP) is 4.45. The molecular weight excluding hydrogens is 375 g/mol. The number of benzene rings is 2. The fraction of sp³-hybridized carbons (Fsp3) is 0.294. The number of rotatable bonds is 5. The van der Waals surface area contributed by atoms with Crippen molar-refractivity contribution >= 4 is 21.6 Å². The number of aryl methyl sites for hydroxylation is 1. The Morgan fingerprint density at radius 3 is 1.92 bits per heavy atom. The van der Waals surface area contributed by atoms with Crippen LogP contribution < -0.4 is 4.72 Å². The first kappa shape index (κ1) is 19.8. The quantitative estimate of drug-likeness (QED) is 0.765. The molecule has 0 fully saturated rings. The monoisotopic (exact) mass is 391 g/mol. The molecule has 0 aliphatic heterocycles. The standard InChI is InChI=1S/C17H17ClF3NO2S/c1-12-3-9-15(10-4-12)25(23,24)22-11-16(2,18)13-5-7-14(8-6-13)17(19,20)21/h3-10,22H,11H2,1-2H3. The number of halogens is 4. The Kier molecular flexibility index (Phi) is 5.51. The van der Waals surface area contributed by atoms with E-state index in [9.17, 15) is 21.6 Å². The molecule has 136 valence electrons. The van der Waals surface area contributed by atoms with Crippen LogP contribution in [0, 0.1) is 6.92 Å². The van der Waals surface area contributed by atoms with Crippen LogP contribution in [0.5, 0.6) is 0 Å². The summed E-state index contributed by atoms with van der Waals surface area (Å²) in [5.74, 6) is 0. The second-order valence-electron chi connectivity index (χ2n) is 5.91. The summed E-state index contributed by atoms with van der Waals surface area (Å²) < 4.78 is 64.8. The van der Waals surface area contributed by atoms with Crippen LogP contribution in [0.25, 0.3) is 0 Å². The molecule has 3 nitrogen and oxygen atoms in total. The Hall–Kier alpha value is -1.57. The molecular formula is C17H17ClF3NO2S. The Morgan fingerprint density at radius 2 is 1.44 bits per heavy atom. The van der Waals surface area contributed by atoms with Gasteiger partial charge in [-0.2, -0.15) is 13.2 Å². The van der Waals surface area contributed by atoms with Crippen molar-refractivity contribution in [3.8, 4) is 0 Å². The molecule has 0 spiro atoms. The van der Waals surface area contributed by atoms with E-state index in [1.165, 1.54) is 31.2 Å². The number of hydrogen-bond donors (Lipinski definition) is 1. The highest BCUT2D eigenvalue weighted by atomic mass is 35.5. The van der Waals surface area contributed by atoms with Gasteiger partial charge in [0, 0.05) is 6.54 Å². The number of alkyl halides is 4. The first-order valence-corrected chi connectivity index (χ1v) is 9.21. The molecule has 1 N–H and O–H groups in total. The molecule has 0 aliphatic carbocycles. The maximum absolute atomic E-state index is 12.6. The van der Waals surface area contributed by atoms with Gasteiger partial charge in [-0.25, -0.2) is 13.1 Å². The van der Waals surface area contributed by atoms with Crippen molar-refractivity contribution in [2.75, 3.05) is 6.54 Å². The third kappa shape index (κ3) is 4.96. The molecule has 0 heterocycles. The van der Waals surface area contributed by atoms with Gasteiger partial charge in [-0.1, -0.05) is 29.8 Å². The highest BCUT2D eigenvalue weighted by Crippen LogP contribution is 2.33. The van der Waals surface area contributed by atoms with E-state index in [1.807, 2.05) is 6.92 Å². The highest BCUT2D eigenvalue weighted by molar-refractivity contribution is 7.89. The van der Waals surface area contributed by atoms with E-state index in [0.29, 0.717) is 5.56 Å². The van der Waals surface area contributed by atoms with Crippen molar-refractivity contribution in [2.24, 2.45) is 0 Å². The molecule has 8 heteroatoms. The Balaban J connectivity index is 2.14. The fourth-order valence-corrected chi connectivity index (χ4v) is 3.55. The Labute approximate surface area is 149 Å². The van der Waals surface area contributed by atoms with E-state index in [0.717, 1.165) is 17.7 Å². The average molecular weight is 392 g/mol. The molecule has 0 aromatic heterocycles. The fourth-order valence-electron chi connectivity index (χ4n) is 2.14. The van der Waals surface area contributed by atoms with Gasteiger partial charge in [0.25, 0.3) is 0 Å². The Bertz CT molecular complexity index is 830. The van der Waals surface area contributed by atoms with Crippen molar-refractivity contribution in [3.63, 3.8) is 0 Å². The molecule has 25 heavy (non-hydrogen) atoms. The van der Waals surface area contributed by atoms with Crippen LogP contribution in [0.2, 0.25) is 0 Å². The van der Waals surface area contributed by atoms with Crippen LogP contribution in [-0.4, -0.2) is 15.0 Å². The van der Waals surface area contributed by atoms with E-state index in [1.54, 1.807) is 12.1 Å².